The van der Waals surface area contributed by atoms with Crippen molar-refractivity contribution in [2.75, 3.05) is 13.4 Å². The minimum Gasteiger partial charge on any atom is -0.489 e. The molecule has 0 unspecified atom stereocenters. The van der Waals surface area contributed by atoms with E-state index in [9.17, 15) is 14.0 Å². The zero-order valence-electron chi connectivity index (χ0n) is 22.3. The Morgan fingerprint density at radius 2 is 1.85 bits per heavy atom. The quantitative estimate of drug-likeness (QED) is 0.308. The van der Waals surface area contributed by atoms with E-state index in [2.05, 4.69) is 4.99 Å². The summed E-state index contributed by atoms with van der Waals surface area (Å²) in [5, 5.41) is 0. The molecule has 2 aliphatic heterocycles. The molecule has 0 amide bonds. The molecular weight excluding hydrogens is 547 g/mol. The molecule has 41 heavy (non-hydrogen) atoms. The average Bonchev–Trinajstić information content (AvgIpc) is 3.56. The SMILES string of the molecule is CCOC(=O)C1=C(C)N=c2s/c(=C\c3ccc(OCc4ccc5c(c4)OCO5)cc3)c(=O)n2[C@@H]1c1ccc(F)cc1. The number of halogens is 1. The minimum atomic E-state index is -0.792. The summed E-state index contributed by atoms with van der Waals surface area (Å²) < 4.78 is 37.6. The van der Waals surface area contributed by atoms with Crippen LogP contribution in [0.5, 0.6) is 17.2 Å². The lowest BCUT2D eigenvalue weighted by Crippen LogP contribution is -2.39. The summed E-state index contributed by atoms with van der Waals surface area (Å²) in [7, 11) is 0. The standard InChI is InChI=1S/C31H25FN2O6S/c1-3-37-30(36)27-18(2)33-31-34(28(27)21-7-9-22(32)10-8-21)29(35)26(41-31)15-19-4-11-23(12-5-19)38-16-20-6-13-24-25(14-20)40-17-39-24/h4-15,28H,3,16-17H2,1-2H3/b26-15-/t28-/m1/s1. The Hall–Kier alpha value is -4.70. The van der Waals surface area contributed by atoms with Crippen molar-refractivity contribution in [1.29, 1.82) is 0 Å². The number of hydrogen-bond donors (Lipinski definition) is 0. The summed E-state index contributed by atoms with van der Waals surface area (Å²) in [6, 6.07) is 18.0. The summed E-state index contributed by atoms with van der Waals surface area (Å²) in [5.74, 6) is 1.12. The Morgan fingerprint density at radius 3 is 2.61 bits per heavy atom. The Bertz CT molecular complexity index is 1840. The van der Waals surface area contributed by atoms with Gasteiger partial charge in [-0.25, -0.2) is 14.2 Å². The third-order valence-electron chi connectivity index (χ3n) is 6.72. The summed E-state index contributed by atoms with van der Waals surface area (Å²) in [6.45, 7) is 4.18. The van der Waals surface area contributed by atoms with Crippen molar-refractivity contribution < 1.29 is 28.1 Å². The fourth-order valence-corrected chi connectivity index (χ4v) is 5.81. The van der Waals surface area contributed by atoms with Crippen molar-refractivity contribution >= 4 is 23.4 Å². The smallest absolute Gasteiger partial charge is 0.338 e. The molecular formula is C31H25FN2O6S. The van der Waals surface area contributed by atoms with Gasteiger partial charge < -0.3 is 18.9 Å². The van der Waals surface area contributed by atoms with Crippen LogP contribution in [0.2, 0.25) is 0 Å². The molecule has 0 saturated heterocycles. The second kappa shape index (κ2) is 11.1. The van der Waals surface area contributed by atoms with Gasteiger partial charge in [-0.05, 0) is 73.0 Å². The summed E-state index contributed by atoms with van der Waals surface area (Å²) in [4.78, 5) is 31.7. The van der Waals surface area contributed by atoms with E-state index in [4.69, 9.17) is 18.9 Å². The Balaban J connectivity index is 1.29. The molecule has 3 aromatic carbocycles. The van der Waals surface area contributed by atoms with E-state index < -0.39 is 17.8 Å². The molecule has 0 bridgehead atoms. The predicted octanol–water partition coefficient (Wildman–Crippen LogP) is 4.25. The van der Waals surface area contributed by atoms with Crippen LogP contribution >= 0.6 is 11.3 Å². The predicted molar refractivity (Wildman–Crippen MR) is 150 cm³/mol. The van der Waals surface area contributed by atoms with Gasteiger partial charge in [0.25, 0.3) is 5.56 Å². The van der Waals surface area contributed by atoms with E-state index in [0.29, 0.717) is 38.7 Å². The van der Waals surface area contributed by atoms with E-state index in [1.165, 1.54) is 28.0 Å². The maximum absolute atomic E-state index is 13.7. The molecule has 0 N–H and O–H groups in total. The summed E-state index contributed by atoms with van der Waals surface area (Å²) in [5.41, 5.74) is 2.73. The highest BCUT2D eigenvalue weighted by Crippen LogP contribution is 2.33. The topological polar surface area (TPSA) is 88.4 Å². The van der Waals surface area contributed by atoms with E-state index in [-0.39, 0.29) is 24.5 Å². The van der Waals surface area contributed by atoms with Gasteiger partial charge in [0.2, 0.25) is 6.79 Å². The largest absolute Gasteiger partial charge is 0.489 e. The van der Waals surface area contributed by atoms with Crippen LogP contribution in [0.25, 0.3) is 6.08 Å². The second-order valence-electron chi connectivity index (χ2n) is 9.40. The van der Waals surface area contributed by atoms with E-state index >= 15 is 0 Å². The van der Waals surface area contributed by atoms with Crippen molar-refractivity contribution in [2.45, 2.75) is 26.5 Å². The van der Waals surface area contributed by atoms with Crippen LogP contribution in [0.3, 0.4) is 0 Å². The number of ether oxygens (including phenoxy) is 4. The van der Waals surface area contributed by atoms with Crippen LogP contribution < -0.4 is 29.1 Å². The van der Waals surface area contributed by atoms with Crippen LogP contribution in [0.1, 0.15) is 36.6 Å². The summed E-state index contributed by atoms with van der Waals surface area (Å²) >= 11 is 1.23. The van der Waals surface area contributed by atoms with Gasteiger partial charge in [-0.2, -0.15) is 0 Å². The molecule has 0 saturated carbocycles. The first kappa shape index (κ1) is 26.5. The van der Waals surface area contributed by atoms with Crippen LogP contribution in [0.4, 0.5) is 4.39 Å². The number of aromatic nitrogens is 1. The maximum atomic E-state index is 13.7. The first-order chi connectivity index (χ1) is 19.9. The fourth-order valence-electron chi connectivity index (χ4n) is 4.76. The van der Waals surface area contributed by atoms with Gasteiger partial charge in [-0.15, -0.1) is 0 Å². The van der Waals surface area contributed by atoms with E-state index in [1.54, 1.807) is 32.1 Å². The zero-order valence-corrected chi connectivity index (χ0v) is 23.1. The number of esters is 1. The van der Waals surface area contributed by atoms with Crippen LogP contribution in [-0.2, 0) is 16.1 Å². The molecule has 3 heterocycles. The molecule has 0 aliphatic carbocycles. The van der Waals surface area contributed by atoms with Crippen molar-refractivity contribution in [1.82, 2.24) is 4.57 Å². The highest BCUT2D eigenvalue weighted by atomic mass is 32.1. The van der Waals surface area contributed by atoms with Gasteiger partial charge in [-0.3, -0.25) is 9.36 Å². The van der Waals surface area contributed by atoms with Gasteiger partial charge in [0.1, 0.15) is 18.2 Å². The molecule has 4 aromatic rings. The number of rotatable bonds is 7. The minimum absolute atomic E-state index is 0.173. The maximum Gasteiger partial charge on any atom is 0.338 e. The first-order valence-corrected chi connectivity index (χ1v) is 13.8. The molecule has 0 spiro atoms. The molecule has 0 radical (unpaired) electrons. The first-order valence-electron chi connectivity index (χ1n) is 13.0. The van der Waals surface area contributed by atoms with Crippen LogP contribution in [0, 0.1) is 5.82 Å². The third-order valence-corrected chi connectivity index (χ3v) is 7.71. The van der Waals surface area contributed by atoms with Crippen molar-refractivity contribution in [3.63, 3.8) is 0 Å². The zero-order chi connectivity index (χ0) is 28.5. The highest BCUT2D eigenvalue weighted by Gasteiger charge is 2.33. The van der Waals surface area contributed by atoms with Crippen LogP contribution in [-0.4, -0.2) is 23.9 Å². The Kier molecular flexibility index (Phi) is 7.15. The number of carbonyl (C=O) groups is 1. The Labute approximate surface area is 238 Å². The molecule has 10 heteroatoms. The molecule has 8 nitrogen and oxygen atoms in total. The molecule has 6 rings (SSSR count). The lowest BCUT2D eigenvalue weighted by Gasteiger charge is -2.24. The Morgan fingerprint density at radius 1 is 1.10 bits per heavy atom. The molecule has 208 valence electrons. The van der Waals surface area contributed by atoms with E-state index in [1.807, 2.05) is 42.5 Å². The van der Waals surface area contributed by atoms with Gasteiger partial charge in [0.05, 0.1) is 28.5 Å². The third kappa shape index (κ3) is 5.26. The number of thiazole rings is 1. The lowest BCUT2D eigenvalue weighted by atomic mass is 9.96. The number of carbonyl (C=O) groups excluding carboxylic acids is 1. The van der Waals surface area contributed by atoms with Crippen molar-refractivity contribution in [3.8, 4) is 17.2 Å². The number of fused-ring (bicyclic) bond motifs is 2. The molecule has 1 atom stereocenters. The van der Waals surface area contributed by atoms with Gasteiger partial charge in [-0.1, -0.05) is 41.7 Å². The molecule has 0 fully saturated rings. The fraction of sp³-hybridized carbons (Fsp3) is 0.194. The second-order valence-corrected chi connectivity index (χ2v) is 10.4. The monoisotopic (exact) mass is 572 g/mol. The highest BCUT2D eigenvalue weighted by molar-refractivity contribution is 7.07. The molecule has 2 aliphatic rings. The van der Waals surface area contributed by atoms with Crippen LogP contribution in [0.15, 0.2) is 87.8 Å². The van der Waals surface area contributed by atoms with Gasteiger partial charge in [0.15, 0.2) is 16.3 Å². The number of allylic oxidation sites excluding steroid dienone is 1. The van der Waals surface area contributed by atoms with Gasteiger partial charge in [0, 0.05) is 0 Å². The normalized spacial score (nSPS) is 15.9. The van der Waals surface area contributed by atoms with Crippen molar-refractivity contribution in [2.24, 2.45) is 4.99 Å². The number of nitrogens with zero attached hydrogens (tertiary/aromatic N) is 2. The van der Waals surface area contributed by atoms with Crippen molar-refractivity contribution in [3.05, 3.63) is 120 Å². The lowest BCUT2D eigenvalue weighted by molar-refractivity contribution is -0.139. The van der Waals surface area contributed by atoms with Gasteiger partial charge >= 0.3 is 5.97 Å². The molecule has 1 aromatic heterocycles. The summed E-state index contributed by atoms with van der Waals surface area (Å²) in [6.07, 6.45) is 1.77. The van der Waals surface area contributed by atoms with E-state index in [0.717, 1.165) is 16.9 Å². The number of hydrogen-bond acceptors (Lipinski definition) is 8. The average molecular weight is 573 g/mol. The number of benzene rings is 3.